The van der Waals surface area contributed by atoms with E-state index in [0.29, 0.717) is 38.7 Å². The summed E-state index contributed by atoms with van der Waals surface area (Å²) in [6.07, 6.45) is 3.80. The van der Waals surface area contributed by atoms with E-state index < -0.39 is 6.04 Å². The van der Waals surface area contributed by atoms with Crippen molar-refractivity contribution in [1.82, 2.24) is 14.5 Å². The van der Waals surface area contributed by atoms with Gasteiger partial charge in [-0.3, -0.25) is 14.2 Å². The number of para-hydroxylation sites is 1. The van der Waals surface area contributed by atoms with Crippen LogP contribution in [0.2, 0.25) is 5.02 Å². The SMILES string of the molecule is CCN(CC)C(=O)C1=C(C)N=c2s/c(=C/c3c[nH]c4ccccc34)c(=O)n2[C@H]1c1ccc(Cl)cc1. The highest BCUT2D eigenvalue weighted by molar-refractivity contribution is 7.07. The van der Waals surface area contributed by atoms with Gasteiger partial charge in [0.1, 0.15) is 0 Å². The van der Waals surface area contributed by atoms with E-state index in [2.05, 4.69) is 4.98 Å². The van der Waals surface area contributed by atoms with Gasteiger partial charge in [-0.1, -0.05) is 53.3 Å². The van der Waals surface area contributed by atoms with Crippen LogP contribution in [0.4, 0.5) is 0 Å². The van der Waals surface area contributed by atoms with Gasteiger partial charge >= 0.3 is 0 Å². The van der Waals surface area contributed by atoms with Gasteiger partial charge in [0.05, 0.1) is 21.8 Å². The van der Waals surface area contributed by atoms with Crippen molar-refractivity contribution in [2.75, 3.05) is 13.1 Å². The molecule has 0 saturated heterocycles. The Bertz CT molecular complexity index is 1640. The average molecular weight is 505 g/mol. The van der Waals surface area contributed by atoms with Gasteiger partial charge in [-0.2, -0.15) is 0 Å². The highest BCUT2D eigenvalue weighted by Crippen LogP contribution is 2.31. The second kappa shape index (κ2) is 9.32. The van der Waals surface area contributed by atoms with E-state index >= 15 is 0 Å². The van der Waals surface area contributed by atoms with Crippen LogP contribution in [0.25, 0.3) is 17.0 Å². The van der Waals surface area contributed by atoms with Crippen molar-refractivity contribution in [3.05, 3.63) is 102 Å². The maximum absolute atomic E-state index is 13.8. The molecule has 35 heavy (non-hydrogen) atoms. The van der Waals surface area contributed by atoms with E-state index in [1.54, 1.807) is 21.6 Å². The number of H-pyrrole nitrogens is 1. The molecule has 2 aromatic carbocycles. The topological polar surface area (TPSA) is 70.5 Å². The molecule has 1 atom stereocenters. The van der Waals surface area contributed by atoms with Gasteiger partial charge in [0.25, 0.3) is 11.5 Å². The van der Waals surface area contributed by atoms with Crippen LogP contribution in [-0.2, 0) is 4.79 Å². The Morgan fingerprint density at radius 2 is 1.89 bits per heavy atom. The summed E-state index contributed by atoms with van der Waals surface area (Å²) in [6.45, 7) is 6.89. The summed E-state index contributed by atoms with van der Waals surface area (Å²) in [6, 6.07) is 14.7. The number of thiazole rings is 1. The summed E-state index contributed by atoms with van der Waals surface area (Å²) in [7, 11) is 0. The summed E-state index contributed by atoms with van der Waals surface area (Å²) < 4.78 is 2.22. The Kier molecular flexibility index (Phi) is 6.21. The molecular formula is C27H25ClN4O2S. The first-order valence-electron chi connectivity index (χ1n) is 11.6. The van der Waals surface area contributed by atoms with E-state index in [1.807, 2.05) is 69.4 Å². The predicted octanol–water partition coefficient (Wildman–Crippen LogP) is 4.24. The minimum Gasteiger partial charge on any atom is -0.361 e. The molecule has 5 rings (SSSR count). The average Bonchev–Trinajstić information content (AvgIpc) is 3.40. The monoisotopic (exact) mass is 504 g/mol. The minimum atomic E-state index is -0.582. The van der Waals surface area contributed by atoms with Crippen LogP contribution in [0.1, 0.15) is 37.9 Å². The number of likely N-dealkylation sites (N-methyl/N-ethyl adjacent to an activating group) is 1. The second-order valence-electron chi connectivity index (χ2n) is 8.40. The highest BCUT2D eigenvalue weighted by atomic mass is 35.5. The number of hydrogen-bond acceptors (Lipinski definition) is 4. The van der Waals surface area contributed by atoms with E-state index in [-0.39, 0.29) is 11.5 Å². The lowest BCUT2D eigenvalue weighted by Crippen LogP contribution is -2.43. The maximum Gasteiger partial charge on any atom is 0.271 e. The lowest BCUT2D eigenvalue weighted by Gasteiger charge is -2.29. The van der Waals surface area contributed by atoms with Crippen molar-refractivity contribution in [1.29, 1.82) is 0 Å². The predicted molar refractivity (Wildman–Crippen MR) is 141 cm³/mol. The third-order valence-electron chi connectivity index (χ3n) is 6.40. The molecule has 8 heteroatoms. The third kappa shape index (κ3) is 4.05. The van der Waals surface area contributed by atoms with Gasteiger partial charge in [-0.05, 0) is 50.6 Å². The van der Waals surface area contributed by atoms with Crippen molar-refractivity contribution in [2.45, 2.75) is 26.8 Å². The number of nitrogens with one attached hydrogen (secondary N) is 1. The number of nitrogens with zero attached hydrogens (tertiary/aromatic N) is 3. The number of hydrogen-bond donors (Lipinski definition) is 1. The van der Waals surface area contributed by atoms with Gasteiger partial charge in [-0.25, -0.2) is 4.99 Å². The van der Waals surface area contributed by atoms with Crippen LogP contribution in [-0.4, -0.2) is 33.4 Å². The largest absolute Gasteiger partial charge is 0.361 e. The fourth-order valence-electron chi connectivity index (χ4n) is 4.59. The quantitative estimate of drug-likeness (QED) is 0.441. The molecule has 2 aromatic heterocycles. The molecule has 0 unspecified atom stereocenters. The molecule has 0 radical (unpaired) electrons. The first-order chi connectivity index (χ1) is 16.9. The normalized spacial score (nSPS) is 15.9. The fourth-order valence-corrected chi connectivity index (χ4v) is 5.75. The molecule has 0 fully saturated rings. The second-order valence-corrected chi connectivity index (χ2v) is 9.85. The first-order valence-corrected chi connectivity index (χ1v) is 12.8. The molecule has 1 aliphatic heterocycles. The van der Waals surface area contributed by atoms with Gasteiger partial charge in [-0.15, -0.1) is 0 Å². The zero-order valence-corrected chi connectivity index (χ0v) is 21.3. The number of carbonyl (C=O) groups excluding carboxylic acids is 1. The summed E-state index contributed by atoms with van der Waals surface area (Å²) in [5.74, 6) is -0.109. The lowest BCUT2D eigenvalue weighted by atomic mass is 9.94. The van der Waals surface area contributed by atoms with E-state index in [9.17, 15) is 9.59 Å². The summed E-state index contributed by atoms with van der Waals surface area (Å²) in [4.78, 5) is 37.7. The number of rotatable bonds is 5. The zero-order chi connectivity index (χ0) is 24.7. The van der Waals surface area contributed by atoms with E-state index in [4.69, 9.17) is 16.6 Å². The summed E-state index contributed by atoms with van der Waals surface area (Å²) in [5, 5.41) is 1.64. The third-order valence-corrected chi connectivity index (χ3v) is 7.63. The summed E-state index contributed by atoms with van der Waals surface area (Å²) in [5.41, 5.74) is 3.73. The Labute approximate surface area is 211 Å². The Hall–Kier alpha value is -3.42. The zero-order valence-electron chi connectivity index (χ0n) is 19.7. The molecule has 178 valence electrons. The number of aromatic nitrogens is 2. The number of halogens is 1. The van der Waals surface area contributed by atoms with Crippen LogP contribution in [0.3, 0.4) is 0 Å². The Morgan fingerprint density at radius 1 is 1.17 bits per heavy atom. The molecule has 0 aliphatic carbocycles. The number of amides is 1. The van der Waals surface area contributed by atoms with Crippen molar-refractivity contribution >= 4 is 45.8 Å². The van der Waals surface area contributed by atoms with Crippen LogP contribution < -0.4 is 14.9 Å². The standard InChI is InChI=1S/C27H25ClN4O2S/c1-4-31(5-2)26(34)23-16(3)30-27-32(24(23)17-10-12-19(28)13-11-17)25(33)22(35-27)14-18-15-29-21-9-7-6-8-20(18)21/h6-15,24,29H,4-5H2,1-3H3/b22-14+/t24-/m0/s1. The van der Waals surface area contributed by atoms with Gasteiger partial charge < -0.3 is 9.88 Å². The fraction of sp³-hybridized carbons (Fsp3) is 0.222. The molecule has 6 nitrogen and oxygen atoms in total. The Morgan fingerprint density at radius 3 is 2.60 bits per heavy atom. The lowest BCUT2D eigenvalue weighted by molar-refractivity contribution is -0.127. The molecular weight excluding hydrogens is 480 g/mol. The molecule has 0 bridgehead atoms. The van der Waals surface area contributed by atoms with E-state index in [0.717, 1.165) is 22.0 Å². The molecule has 0 saturated carbocycles. The van der Waals surface area contributed by atoms with Gasteiger partial charge in [0, 0.05) is 40.8 Å². The molecule has 0 spiro atoms. The number of carbonyl (C=O) groups is 1. The van der Waals surface area contributed by atoms with Gasteiger partial charge in [0.15, 0.2) is 4.80 Å². The molecule has 3 heterocycles. The van der Waals surface area contributed by atoms with Crippen molar-refractivity contribution in [3.63, 3.8) is 0 Å². The van der Waals surface area contributed by atoms with Crippen molar-refractivity contribution < 1.29 is 4.79 Å². The molecule has 1 amide bonds. The van der Waals surface area contributed by atoms with Crippen molar-refractivity contribution in [3.8, 4) is 0 Å². The number of aromatic amines is 1. The molecule has 4 aromatic rings. The number of fused-ring (bicyclic) bond motifs is 2. The minimum absolute atomic E-state index is 0.109. The number of allylic oxidation sites excluding steroid dienone is 1. The van der Waals surface area contributed by atoms with Crippen LogP contribution >= 0.6 is 22.9 Å². The van der Waals surface area contributed by atoms with Crippen LogP contribution in [0, 0.1) is 0 Å². The Balaban J connectivity index is 1.74. The number of benzene rings is 2. The molecule has 1 N–H and O–H groups in total. The highest BCUT2D eigenvalue weighted by Gasteiger charge is 2.34. The smallest absolute Gasteiger partial charge is 0.271 e. The van der Waals surface area contributed by atoms with Crippen LogP contribution in [0.5, 0.6) is 0 Å². The summed E-state index contributed by atoms with van der Waals surface area (Å²) >= 11 is 7.49. The van der Waals surface area contributed by atoms with E-state index in [1.165, 1.54) is 11.3 Å². The van der Waals surface area contributed by atoms with Crippen molar-refractivity contribution in [2.24, 2.45) is 4.99 Å². The maximum atomic E-state index is 13.8. The van der Waals surface area contributed by atoms with Gasteiger partial charge in [0.2, 0.25) is 0 Å². The molecule has 1 aliphatic rings. The first kappa shape index (κ1) is 23.3. The van der Waals surface area contributed by atoms with Crippen LogP contribution in [0.15, 0.2) is 75.8 Å².